The molecule has 2 aromatic rings. The zero-order valence-electron chi connectivity index (χ0n) is 10.0. The standard InChI is InChI=1S/C13H11ClF2N2O/c1-19-12-6-11(10(17)5-9(12)16)18-13-7(14)3-2-4-8(13)15/h2-6,18H,17H2,1H3. The van der Waals surface area contributed by atoms with E-state index in [2.05, 4.69) is 5.32 Å². The molecule has 0 amide bonds. The van der Waals surface area contributed by atoms with Crippen LogP contribution in [0.3, 0.4) is 0 Å². The van der Waals surface area contributed by atoms with Crippen molar-refractivity contribution in [3.63, 3.8) is 0 Å². The molecule has 0 heterocycles. The SMILES string of the molecule is COc1cc(Nc2c(F)cccc2Cl)c(N)cc1F. The normalized spacial score (nSPS) is 10.3. The summed E-state index contributed by atoms with van der Waals surface area (Å²) in [7, 11) is 1.33. The monoisotopic (exact) mass is 284 g/mol. The van der Waals surface area contributed by atoms with Crippen molar-refractivity contribution in [2.75, 3.05) is 18.2 Å². The molecule has 100 valence electrons. The minimum absolute atomic E-state index is 0.00385. The number of hydrogen-bond acceptors (Lipinski definition) is 3. The maximum Gasteiger partial charge on any atom is 0.167 e. The summed E-state index contributed by atoms with van der Waals surface area (Å²) in [6.45, 7) is 0. The number of anilines is 3. The van der Waals surface area contributed by atoms with Crippen molar-refractivity contribution in [1.82, 2.24) is 0 Å². The third kappa shape index (κ3) is 2.71. The number of halogens is 3. The van der Waals surface area contributed by atoms with Crippen molar-refractivity contribution in [2.24, 2.45) is 0 Å². The molecule has 2 aromatic carbocycles. The van der Waals surface area contributed by atoms with E-state index < -0.39 is 11.6 Å². The Kier molecular flexibility index (Phi) is 3.76. The molecule has 0 saturated heterocycles. The first-order valence-electron chi connectivity index (χ1n) is 5.37. The lowest BCUT2D eigenvalue weighted by molar-refractivity contribution is 0.387. The summed E-state index contributed by atoms with van der Waals surface area (Å²) >= 11 is 5.89. The van der Waals surface area contributed by atoms with Gasteiger partial charge in [-0.2, -0.15) is 0 Å². The first-order valence-corrected chi connectivity index (χ1v) is 5.74. The fraction of sp³-hybridized carbons (Fsp3) is 0.0769. The molecule has 0 aromatic heterocycles. The fourth-order valence-electron chi connectivity index (χ4n) is 1.59. The molecule has 3 N–H and O–H groups in total. The van der Waals surface area contributed by atoms with Crippen molar-refractivity contribution >= 4 is 28.7 Å². The van der Waals surface area contributed by atoms with Gasteiger partial charge in [-0.25, -0.2) is 8.78 Å². The summed E-state index contributed by atoms with van der Waals surface area (Å²) in [5, 5.41) is 2.93. The van der Waals surface area contributed by atoms with E-state index in [1.165, 1.54) is 31.4 Å². The Morgan fingerprint density at radius 3 is 2.58 bits per heavy atom. The predicted molar refractivity (Wildman–Crippen MR) is 72.1 cm³/mol. The molecule has 19 heavy (non-hydrogen) atoms. The van der Waals surface area contributed by atoms with Crippen LogP contribution in [0.2, 0.25) is 5.02 Å². The number of para-hydroxylation sites is 1. The maximum atomic E-state index is 13.6. The van der Waals surface area contributed by atoms with Crippen molar-refractivity contribution in [2.45, 2.75) is 0 Å². The van der Waals surface area contributed by atoms with Gasteiger partial charge in [0.2, 0.25) is 0 Å². The summed E-state index contributed by atoms with van der Waals surface area (Å²) in [5.41, 5.74) is 6.18. The van der Waals surface area contributed by atoms with E-state index in [1.54, 1.807) is 0 Å². The summed E-state index contributed by atoms with van der Waals surface area (Å²) in [6, 6.07) is 6.70. The molecule has 0 spiro atoms. The number of nitrogen functional groups attached to an aromatic ring is 1. The van der Waals surface area contributed by atoms with Crippen LogP contribution in [0.1, 0.15) is 0 Å². The van der Waals surface area contributed by atoms with Crippen LogP contribution in [0.25, 0.3) is 0 Å². The Morgan fingerprint density at radius 1 is 1.21 bits per heavy atom. The Morgan fingerprint density at radius 2 is 1.95 bits per heavy atom. The van der Waals surface area contributed by atoms with Crippen molar-refractivity contribution < 1.29 is 13.5 Å². The number of benzene rings is 2. The Bertz CT molecular complexity index is 600. The third-order valence-corrected chi connectivity index (χ3v) is 2.86. The van der Waals surface area contributed by atoms with E-state index >= 15 is 0 Å². The van der Waals surface area contributed by atoms with E-state index in [1.807, 2.05) is 0 Å². The number of hydrogen-bond donors (Lipinski definition) is 2. The Labute approximate surface area is 113 Å². The summed E-state index contributed by atoms with van der Waals surface area (Å²) in [4.78, 5) is 0. The highest BCUT2D eigenvalue weighted by molar-refractivity contribution is 6.33. The molecule has 0 atom stereocenters. The Balaban J connectivity index is 2.44. The minimum atomic E-state index is -0.592. The van der Waals surface area contributed by atoms with Gasteiger partial charge in [0.05, 0.1) is 29.2 Å². The molecule has 0 saturated carbocycles. The average molecular weight is 285 g/mol. The van der Waals surface area contributed by atoms with Gasteiger partial charge in [-0.1, -0.05) is 17.7 Å². The predicted octanol–water partition coefficient (Wildman–Crippen LogP) is 3.95. The van der Waals surface area contributed by atoms with Crippen LogP contribution in [-0.4, -0.2) is 7.11 Å². The molecule has 2 rings (SSSR count). The van der Waals surface area contributed by atoms with E-state index in [-0.39, 0.29) is 22.1 Å². The van der Waals surface area contributed by atoms with Crippen molar-refractivity contribution in [3.05, 3.63) is 47.0 Å². The van der Waals surface area contributed by atoms with Crippen molar-refractivity contribution in [3.8, 4) is 5.75 Å². The van der Waals surface area contributed by atoms with Crippen LogP contribution >= 0.6 is 11.6 Å². The van der Waals surface area contributed by atoms with E-state index in [4.69, 9.17) is 22.1 Å². The summed E-state index contributed by atoms with van der Waals surface area (Å²) in [5.74, 6) is -1.12. The van der Waals surface area contributed by atoms with Crippen LogP contribution in [0.4, 0.5) is 25.8 Å². The zero-order valence-corrected chi connectivity index (χ0v) is 10.8. The molecule has 3 nitrogen and oxygen atoms in total. The number of ether oxygens (including phenoxy) is 1. The van der Waals surface area contributed by atoms with Crippen LogP contribution in [0, 0.1) is 11.6 Å². The van der Waals surface area contributed by atoms with Crippen LogP contribution < -0.4 is 15.8 Å². The molecular formula is C13H11ClF2N2O. The molecule has 0 unspecified atom stereocenters. The quantitative estimate of drug-likeness (QED) is 0.839. The molecule has 0 aliphatic carbocycles. The zero-order chi connectivity index (χ0) is 14.0. The first-order chi connectivity index (χ1) is 9.02. The van der Waals surface area contributed by atoms with Crippen molar-refractivity contribution in [1.29, 1.82) is 0 Å². The molecular weight excluding hydrogens is 274 g/mol. The van der Waals surface area contributed by atoms with Gasteiger partial charge in [-0.3, -0.25) is 0 Å². The number of nitrogens with two attached hydrogens (primary N) is 1. The second-order valence-electron chi connectivity index (χ2n) is 3.80. The topological polar surface area (TPSA) is 47.3 Å². The number of methoxy groups -OCH3 is 1. The van der Waals surface area contributed by atoms with Gasteiger partial charge in [-0.15, -0.1) is 0 Å². The lowest BCUT2D eigenvalue weighted by Gasteiger charge is -2.13. The van der Waals surface area contributed by atoms with Crippen LogP contribution in [0.15, 0.2) is 30.3 Å². The molecule has 0 aliphatic rings. The smallest absolute Gasteiger partial charge is 0.167 e. The van der Waals surface area contributed by atoms with Gasteiger partial charge < -0.3 is 15.8 Å². The minimum Gasteiger partial charge on any atom is -0.494 e. The molecule has 0 fully saturated rings. The molecule has 6 heteroatoms. The lowest BCUT2D eigenvalue weighted by Crippen LogP contribution is -2.01. The van der Waals surface area contributed by atoms with Gasteiger partial charge in [0.1, 0.15) is 5.82 Å². The van der Waals surface area contributed by atoms with Crippen LogP contribution in [0.5, 0.6) is 5.75 Å². The van der Waals surface area contributed by atoms with Gasteiger partial charge in [0.15, 0.2) is 11.6 Å². The summed E-state index contributed by atoms with van der Waals surface area (Å²) < 4.78 is 31.9. The highest BCUT2D eigenvalue weighted by atomic mass is 35.5. The summed E-state index contributed by atoms with van der Waals surface area (Å²) in [6.07, 6.45) is 0. The molecule has 0 aliphatic heterocycles. The van der Waals surface area contributed by atoms with Gasteiger partial charge in [0, 0.05) is 12.1 Å². The second kappa shape index (κ2) is 5.32. The largest absolute Gasteiger partial charge is 0.494 e. The fourth-order valence-corrected chi connectivity index (χ4v) is 1.80. The maximum absolute atomic E-state index is 13.6. The highest BCUT2D eigenvalue weighted by Crippen LogP contribution is 2.33. The third-order valence-electron chi connectivity index (χ3n) is 2.55. The highest BCUT2D eigenvalue weighted by Gasteiger charge is 2.12. The average Bonchev–Trinajstić information content (AvgIpc) is 2.36. The van der Waals surface area contributed by atoms with Gasteiger partial charge in [-0.05, 0) is 12.1 Å². The second-order valence-corrected chi connectivity index (χ2v) is 4.20. The van der Waals surface area contributed by atoms with Crippen LogP contribution in [-0.2, 0) is 0 Å². The van der Waals surface area contributed by atoms with E-state index in [0.717, 1.165) is 6.07 Å². The lowest BCUT2D eigenvalue weighted by atomic mass is 10.2. The van der Waals surface area contributed by atoms with Gasteiger partial charge in [0.25, 0.3) is 0 Å². The Hall–Kier alpha value is -2.01. The van der Waals surface area contributed by atoms with E-state index in [0.29, 0.717) is 5.69 Å². The number of nitrogens with one attached hydrogen (secondary N) is 1. The number of rotatable bonds is 3. The van der Waals surface area contributed by atoms with E-state index in [9.17, 15) is 8.78 Å². The van der Waals surface area contributed by atoms with Gasteiger partial charge >= 0.3 is 0 Å². The molecule has 0 radical (unpaired) electrons. The first kappa shape index (κ1) is 13.4. The molecule has 0 bridgehead atoms.